The minimum atomic E-state index is -1.67. The third-order valence-corrected chi connectivity index (χ3v) is 9.46. The first-order chi connectivity index (χ1) is 8.06. The van der Waals surface area contributed by atoms with Crippen LogP contribution in [-0.4, -0.2) is 20.7 Å². The molecule has 1 saturated carbocycles. The van der Waals surface area contributed by atoms with Crippen LogP contribution >= 0.6 is 0 Å². The lowest BCUT2D eigenvalue weighted by molar-refractivity contribution is -0.123. The van der Waals surface area contributed by atoms with Crippen LogP contribution in [0.4, 0.5) is 0 Å². The molecule has 0 N–H and O–H groups in total. The van der Waals surface area contributed by atoms with Crippen molar-refractivity contribution in [1.29, 1.82) is 0 Å². The van der Waals surface area contributed by atoms with Crippen molar-refractivity contribution in [1.82, 2.24) is 0 Å². The van der Waals surface area contributed by atoms with E-state index in [1.807, 2.05) is 0 Å². The molecule has 0 aromatic heterocycles. The molecular formula is C15H30O2Si. The normalized spacial score (nSPS) is 27.6. The van der Waals surface area contributed by atoms with Gasteiger partial charge in [0.2, 0.25) is 0 Å². The van der Waals surface area contributed by atoms with Crippen LogP contribution < -0.4 is 0 Å². The van der Waals surface area contributed by atoms with E-state index in [1.165, 1.54) is 0 Å². The molecule has 106 valence electrons. The highest BCUT2D eigenvalue weighted by molar-refractivity contribution is 6.74. The maximum absolute atomic E-state index is 11.9. The van der Waals surface area contributed by atoms with E-state index < -0.39 is 8.32 Å². The molecule has 0 aliphatic heterocycles. The van der Waals surface area contributed by atoms with E-state index in [0.717, 1.165) is 19.4 Å². The molecule has 0 aromatic carbocycles. The fraction of sp³-hybridized carbons (Fsp3) is 0.933. The van der Waals surface area contributed by atoms with Crippen molar-refractivity contribution in [3.8, 4) is 0 Å². The largest absolute Gasteiger partial charge is 0.417 e. The van der Waals surface area contributed by atoms with Gasteiger partial charge >= 0.3 is 0 Å². The molecule has 0 unspecified atom stereocenters. The second kappa shape index (κ2) is 5.46. The third-order valence-electron chi connectivity index (χ3n) is 4.96. The Bertz CT molecular complexity index is 304. The molecule has 1 aliphatic rings. The van der Waals surface area contributed by atoms with Crippen molar-refractivity contribution in [2.24, 2.45) is 17.8 Å². The maximum atomic E-state index is 11.9. The molecule has 0 aromatic rings. The molecule has 1 fully saturated rings. The second-order valence-electron chi connectivity index (χ2n) is 7.56. The summed E-state index contributed by atoms with van der Waals surface area (Å²) in [6.45, 7) is 16.5. The van der Waals surface area contributed by atoms with Crippen molar-refractivity contribution >= 4 is 14.1 Å². The molecule has 0 spiro atoms. The van der Waals surface area contributed by atoms with E-state index >= 15 is 0 Å². The number of hydrogen-bond acceptors (Lipinski definition) is 2. The number of Topliss-reactive ketones (excluding diaryl/α,β-unsaturated/α-hetero) is 1. The van der Waals surface area contributed by atoms with Crippen molar-refractivity contribution in [3.05, 3.63) is 0 Å². The predicted octanol–water partition coefficient (Wildman–Crippen LogP) is 4.26. The van der Waals surface area contributed by atoms with Gasteiger partial charge in [-0.15, -0.1) is 0 Å². The Morgan fingerprint density at radius 3 is 2.33 bits per heavy atom. The van der Waals surface area contributed by atoms with Crippen molar-refractivity contribution in [2.75, 3.05) is 6.61 Å². The van der Waals surface area contributed by atoms with Crippen LogP contribution in [0.5, 0.6) is 0 Å². The summed E-state index contributed by atoms with van der Waals surface area (Å²) in [6.07, 6.45) is 1.84. The zero-order valence-electron chi connectivity index (χ0n) is 13.2. The lowest BCUT2D eigenvalue weighted by Crippen LogP contribution is -2.42. The molecule has 1 aliphatic carbocycles. The summed E-state index contributed by atoms with van der Waals surface area (Å²) in [6, 6.07) is 0. The summed E-state index contributed by atoms with van der Waals surface area (Å²) in [4.78, 5) is 11.9. The number of hydrogen-bond donors (Lipinski definition) is 0. The van der Waals surface area contributed by atoms with Crippen LogP contribution in [0.15, 0.2) is 0 Å². The zero-order valence-corrected chi connectivity index (χ0v) is 14.2. The van der Waals surface area contributed by atoms with Gasteiger partial charge in [0.1, 0.15) is 5.78 Å². The quantitative estimate of drug-likeness (QED) is 0.714. The third kappa shape index (κ3) is 3.44. The smallest absolute Gasteiger partial charge is 0.191 e. The fourth-order valence-electron chi connectivity index (χ4n) is 2.57. The van der Waals surface area contributed by atoms with Gasteiger partial charge in [0.05, 0.1) is 0 Å². The molecule has 2 nitrogen and oxygen atoms in total. The van der Waals surface area contributed by atoms with Crippen LogP contribution in [0.25, 0.3) is 0 Å². The molecular weight excluding hydrogens is 240 g/mol. The predicted molar refractivity (Wildman–Crippen MR) is 79.2 cm³/mol. The number of ketones is 1. The Kier molecular flexibility index (Phi) is 4.82. The molecule has 0 saturated heterocycles. The number of carbonyl (C=O) groups excluding carboxylic acids is 1. The summed E-state index contributed by atoms with van der Waals surface area (Å²) < 4.78 is 6.25. The van der Waals surface area contributed by atoms with Gasteiger partial charge in [-0.3, -0.25) is 4.79 Å². The van der Waals surface area contributed by atoms with Crippen LogP contribution in [0.3, 0.4) is 0 Å². The summed E-state index contributed by atoms with van der Waals surface area (Å²) in [5, 5.41) is 0.248. The van der Waals surface area contributed by atoms with Gasteiger partial charge in [-0.05, 0) is 36.4 Å². The molecule has 0 bridgehead atoms. The Hall–Kier alpha value is -0.153. The maximum Gasteiger partial charge on any atom is 0.191 e. The van der Waals surface area contributed by atoms with Gasteiger partial charge in [0.15, 0.2) is 8.32 Å². The summed E-state index contributed by atoms with van der Waals surface area (Å²) in [7, 11) is -1.67. The average Bonchev–Trinajstić information content (AvgIpc) is 2.54. The van der Waals surface area contributed by atoms with Gasteiger partial charge in [-0.25, -0.2) is 0 Å². The van der Waals surface area contributed by atoms with Gasteiger partial charge in [0, 0.05) is 18.9 Å². The van der Waals surface area contributed by atoms with Gasteiger partial charge in [0.25, 0.3) is 0 Å². The topological polar surface area (TPSA) is 26.3 Å². The lowest BCUT2D eigenvalue weighted by Gasteiger charge is -2.37. The summed E-state index contributed by atoms with van der Waals surface area (Å²) in [5.74, 6) is 1.59. The van der Waals surface area contributed by atoms with Crippen molar-refractivity contribution in [3.63, 3.8) is 0 Å². The van der Waals surface area contributed by atoms with E-state index in [4.69, 9.17) is 4.43 Å². The Labute approximate surface area is 114 Å². The van der Waals surface area contributed by atoms with E-state index in [9.17, 15) is 4.79 Å². The molecule has 18 heavy (non-hydrogen) atoms. The van der Waals surface area contributed by atoms with Crippen molar-refractivity contribution < 1.29 is 9.22 Å². The molecule has 0 amide bonds. The van der Waals surface area contributed by atoms with Crippen LogP contribution in [0.2, 0.25) is 18.1 Å². The van der Waals surface area contributed by atoms with Gasteiger partial charge in [-0.1, -0.05) is 34.6 Å². The number of carbonyl (C=O) groups is 1. The van der Waals surface area contributed by atoms with Gasteiger partial charge in [-0.2, -0.15) is 0 Å². The minimum absolute atomic E-state index is 0.231. The Morgan fingerprint density at radius 2 is 1.94 bits per heavy atom. The zero-order chi connectivity index (χ0) is 14.1. The number of rotatable bonds is 4. The van der Waals surface area contributed by atoms with Crippen molar-refractivity contribution in [2.45, 2.75) is 65.6 Å². The lowest BCUT2D eigenvalue weighted by atomic mass is 9.86. The molecule has 0 radical (unpaired) electrons. The molecule has 0 heterocycles. The average molecular weight is 270 g/mol. The van der Waals surface area contributed by atoms with E-state index in [-0.39, 0.29) is 11.0 Å². The second-order valence-corrected chi connectivity index (χ2v) is 12.4. The monoisotopic (exact) mass is 270 g/mol. The van der Waals surface area contributed by atoms with E-state index in [0.29, 0.717) is 17.6 Å². The minimum Gasteiger partial charge on any atom is -0.417 e. The molecule has 3 heteroatoms. The first-order valence-corrected chi connectivity index (χ1v) is 10.1. The first-order valence-electron chi connectivity index (χ1n) is 7.23. The summed E-state index contributed by atoms with van der Waals surface area (Å²) >= 11 is 0. The highest BCUT2D eigenvalue weighted by Crippen LogP contribution is 2.38. The Balaban J connectivity index is 2.56. The van der Waals surface area contributed by atoms with Crippen LogP contribution in [0.1, 0.15) is 47.5 Å². The van der Waals surface area contributed by atoms with E-state index in [2.05, 4.69) is 47.7 Å². The standard InChI is InChI=1S/C15H30O2Si/c1-11-8-9-13(16)14(11)12(2)10-17-18(6,7)15(3,4)5/h11-12,14H,8-10H2,1-7H3/t11-,12-,14+/m1/s1. The van der Waals surface area contributed by atoms with Crippen LogP contribution in [-0.2, 0) is 9.22 Å². The SMILES string of the molecule is C[C@@H]1CCC(=O)[C@@H]1[C@H](C)CO[Si](C)(C)C(C)(C)C. The highest BCUT2D eigenvalue weighted by atomic mass is 28.4. The summed E-state index contributed by atoms with van der Waals surface area (Å²) in [5.41, 5.74) is 0. The Morgan fingerprint density at radius 1 is 1.39 bits per heavy atom. The molecule has 3 atom stereocenters. The first kappa shape index (κ1) is 15.9. The van der Waals surface area contributed by atoms with E-state index in [1.54, 1.807) is 0 Å². The highest BCUT2D eigenvalue weighted by Gasteiger charge is 2.40. The van der Waals surface area contributed by atoms with Crippen LogP contribution in [0, 0.1) is 17.8 Å². The fourth-order valence-corrected chi connectivity index (χ4v) is 3.68. The molecule has 1 rings (SSSR count). The van der Waals surface area contributed by atoms with Gasteiger partial charge < -0.3 is 4.43 Å².